The maximum absolute atomic E-state index is 10.1. The third kappa shape index (κ3) is 3.27. The largest absolute Gasteiger partial charge is 0.393 e. The van der Waals surface area contributed by atoms with Gasteiger partial charge in [-0.15, -0.1) is 0 Å². The Kier molecular flexibility index (Phi) is 4.47. The Hall–Kier alpha value is -1.20. The van der Waals surface area contributed by atoms with E-state index in [1.165, 1.54) is 19.3 Å². The first-order valence-electron chi connectivity index (χ1n) is 7.75. The Balaban J connectivity index is 1.49. The quantitative estimate of drug-likeness (QED) is 0.897. The lowest BCUT2D eigenvalue weighted by molar-refractivity contribution is 0.0452. The lowest BCUT2D eigenvalue weighted by Crippen LogP contribution is -2.49. The predicted octanol–water partition coefficient (Wildman–Crippen LogP) is 1.15. The summed E-state index contributed by atoms with van der Waals surface area (Å²) in [5, 5.41) is 10.1. The lowest BCUT2D eigenvalue weighted by atomic mass is 9.86. The number of aliphatic hydroxyl groups is 1. The van der Waals surface area contributed by atoms with Crippen molar-refractivity contribution in [3.8, 4) is 0 Å². The maximum Gasteiger partial charge on any atom is 0.225 e. The molecule has 0 radical (unpaired) electrons. The second-order valence-electron chi connectivity index (χ2n) is 5.95. The maximum atomic E-state index is 10.1. The number of piperazine rings is 1. The first-order chi connectivity index (χ1) is 9.83. The first kappa shape index (κ1) is 13.8. The van der Waals surface area contributed by atoms with Crippen LogP contribution in [0.15, 0.2) is 18.5 Å². The number of anilines is 1. The topological polar surface area (TPSA) is 52.5 Å². The van der Waals surface area contributed by atoms with Gasteiger partial charge >= 0.3 is 0 Å². The minimum Gasteiger partial charge on any atom is -0.393 e. The van der Waals surface area contributed by atoms with E-state index >= 15 is 0 Å². The highest BCUT2D eigenvalue weighted by Gasteiger charge is 2.27. The predicted molar refractivity (Wildman–Crippen MR) is 78.6 cm³/mol. The summed E-state index contributed by atoms with van der Waals surface area (Å²) in [6, 6.07) is 1.85. The molecule has 1 saturated heterocycles. The Labute approximate surface area is 120 Å². The second kappa shape index (κ2) is 6.50. The summed E-state index contributed by atoms with van der Waals surface area (Å²) in [5.74, 6) is 1.31. The van der Waals surface area contributed by atoms with Crippen molar-refractivity contribution in [3.63, 3.8) is 0 Å². The number of rotatable bonds is 3. The van der Waals surface area contributed by atoms with Crippen LogP contribution in [0, 0.1) is 5.92 Å². The molecule has 1 aliphatic heterocycles. The monoisotopic (exact) mass is 276 g/mol. The van der Waals surface area contributed by atoms with Gasteiger partial charge in [0, 0.05) is 45.1 Å². The molecule has 0 bridgehead atoms. The van der Waals surface area contributed by atoms with Crippen molar-refractivity contribution in [2.75, 3.05) is 37.6 Å². The van der Waals surface area contributed by atoms with Crippen LogP contribution in [0.2, 0.25) is 0 Å². The average molecular weight is 276 g/mol. The van der Waals surface area contributed by atoms with Crippen LogP contribution in [0.5, 0.6) is 0 Å². The number of hydrogen-bond acceptors (Lipinski definition) is 5. The van der Waals surface area contributed by atoms with Crippen LogP contribution in [-0.2, 0) is 0 Å². The van der Waals surface area contributed by atoms with Gasteiger partial charge in [-0.25, -0.2) is 9.97 Å². The fraction of sp³-hybridized carbons (Fsp3) is 0.733. The summed E-state index contributed by atoms with van der Waals surface area (Å²) < 4.78 is 0. The molecule has 2 unspecified atom stereocenters. The zero-order valence-electron chi connectivity index (χ0n) is 12.0. The number of aromatic nitrogens is 2. The molecule has 1 aliphatic carbocycles. The van der Waals surface area contributed by atoms with Crippen molar-refractivity contribution in [1.29, 1.82) is 0 Å². The molecule has 2 fully saturated rings. The Bertz CT molecular complexity index is 406. The van der Waals surface area contributed by atoms with Crippen molar-refractivity contribution >= 4 is 5.95 Å². The molecule has 2 aliphatic rings. The van der Waals surface area contributed by atoms with E-state index in [-0.39, 0.29) is 6.10 Å². The molecule has 0 spiro atoms. The minimum absolute atomic E-state index is 0.0840. The van der Waals surface area contributed by atoms with Gasteiger partial charge in [-0.05, 0) is 24.8 Å². The molecule has 1 aromatic rings. The van der Waals surface area contributed by atoms with Crippen molar-refractivity contribution in [2.24, 2.45) is 5.92 Å². The van der Waals surface area contributed by atoms with Gasteiger partial charge in [-0.3, -0.25) is 4.90 Å². The first-order valence-corrected chi connectivity index (χ1v) is 7.75. The van der Waals surface area contributed by atoms with Gasteiger partial charge in [0.1, 0.15) is 0 Å². The Morgan fingerprint density at radius 2 is 1.75 bits per heavy atom. The molecule has 0 aromatic carbocycles. The molecule has 3 rings (SSSR count). The third-order valence-corrected chi connectivity index (χ3v) is 4.57. The molecule has 5 nitrogen and oxygen atoms in total. The molecular weight excluding hydrogens is 252 g/mol. The van der Waals surface area contributed by atoms with Crippen molar-refractivity contribution in [2.45, 2.75) is 31.8 Å². The molecule has 1 N–H and O–H groups in total. The van der Waals surface area contributed by atoms with Crippen LogP contribution >= 0.6 is 0 Å². The van der Waals surface area contributed by atoms with E-state index in [9.17, 15) is 5.11 Å². The zero-order chi connectivity index (χ0) is 13.8. The summed E-state index contributed by atoms with van der Waals surface area (Å²) >= 11 is 0. The van der Waals surface area contributed by atoms with E-state index in [1.807, 2.05) is 6.07 Å². The van der Waals surface area contributed by atoms with Crippen LogP contribution in [0.1, 0.15) is 25.7 Å². The van der Waals surface area contributed by atoms with Crippen LogP contribution < -0.4 is 4.90 Å². The normalized spacial score (nSPS) is 28.6. The summed E-state index contributed by atoms with van der Waals surface area (Å²) in [7, 11) is 0. The van der Waals surface area contributed by atoms with E-state index in [4.69, 9.17) is 0 Å². The number of aliphatic hydroxyl groups excluding tert-OH is 1. The van der Waals surface area contributed by atoms with Gasteiger partial charge in [0.25, 0.3) is 0 Å². The van der Waals surface area contributed by atoms with E-state index in [0.29, 0.717) is 5.92 Å². The minimum atomic E-state index is -0.0840. The molecular formula is C15H24N4O. The van der Waals surface area contributed by atoms with E-state index in [0.717, 1.165) is 45.1 Å². The smallest absolute Gasteiger partial charge is 0.225 e. The fourth-order valence-corrected chi connectivity index (χ4v) is 3.32. The van der Waals surface area contributed by atoms with Gasteiger partial charge in [-0.1, -0.05) is 12.8 Å². The molecule has 5 heteroatoms. The average Bonchev–Trinajstić information content (AvgIpc) is 2.51. The van der Waals surface area contributed by atoms with Gasteiger partial charge in [0.2, 0.25) is 5.95 Å². The standard InChI is InChI=1S/C15H24N4O/c20-14-5-2-1-4-13(14)12-18-8-10-19(11-9-18)15-16-6-3-7-17-15/h3,6-7,13-14,20H,1-2,4-5,8-12H2. The molecule has 110 valence electrons. The molecule has 2 atom stereocenters. The van der Waals surface area contributed by atoms with Gasteiger partial charge in [0.05, 0.1) is 6.10 Å². The fourth-order valence-electron chi connectivity index (χ4n) is 3.32. The number of hydrogen-bond donors (Lipinski definition) is 1. The van der Waals surface area contributed by atoms with Crippen LogP contribution in [0.4, 0.5) is 5.95 Å². The van der Waals surface area contributed by atoms with Crippen molar-refractivity contribution < 1.29 is 5.11 Å². The summed E-state index contributed by atoms with van der Waals surface area (Å²) in [6.45, 7) is 5.09. The van der Waals surface area contributed by atoms with Gasteiger partial charge < -0.3 is 10.0 Å². The third-order valence-electron chi connectivity index (χ3n) is 4.57. The van der Waals surface area contributed by atoms with E-state index < -0.39 is 0 Å². The molecule has 1 aromatic heterocycles. The van der Waals surface area contributed by atoms with Crippen molar-refractivity contribution in [3.05, 3.63) is 18.5 Å². The summed E-state index contributed by atoms with van der Waals surface area (Å²) in [4.78, 5) is 13.4. The van der Waals surface area contributed by atoms with Crippen molar-refractivity contribution in [1.82, 2.24) is 14.9 Å². The van der Waals surface area contributed by atoms with E-state index in [1.54, 1.807) is 12.4 Å². The molecule has 0 amide bonds. The summed E-state index contributed by atoms with van der Waals surface area (Å²) in [6.07, 6.45) is 8.15. The van der Waals surface area contributed by atoms with Gasteiger partial charge in [0.15, 0.2) is 0 Å². The lowest BCUT2D eigenvalue weighted by Gasteiger charge is -2.38. The van der Waals surface area contributed by atoms with Crippen LogP contribution in [-0.4, -0.2) is 58.8 Å². The highest BCUT2D eigenvalue weighted by molar-refractivity contribution is 5.29. The number of nitrogens with zero attached hydrogens (tertiary/aromatic N) is 4. The molecule has 1 saturated carbocycles. The highest BCUT2D eigenvalue weighted by Crippen LogP contribution is 2.25. The molecule has 20 heavy (non-hydrogen) atoms. The SMILES string of the molecule is OC1CCCCC1CN1CCN(c2ncccn2)CC1. The second-order valence-corrected chi connectivity index (χ2v) is 5.95. The highest BCUT2D eigenvalue weighted by atomic mass is 16.3. The van der Waals surface area contributed by atoms with Gasteiger partial charge in [-0.2, -0.15) is 0 Å². The Morgan fingerprint density at radius 1 is 1.05 bits per heavy atom. The zero-order valence-corrected chi connectivity index (χ0v) is 12.0. The van der Waals surface area contributed by atoms with Crippen LogP contribution in [0.25, 0.3) is 0 Å². The van der Waals surface area contributed by atoms with Crippen LogP contribution in [0.3, 0.4) is 0 Å². The summed E-state index contributed by atoms with van der Waals surface area (Å²) in [5.41, 5.74) is 0. The Morgan fingerprint density at radius 3 is 2.45 bits per heavy atom. The van der Waals surface area contributed by atoms with E-state index in [2.05, 4.69) is 19.8 Å². The molecule has 2 heterocycles.